The van der Waals surface area contributed by atoms with Crippen LogP contribution in [0.15, 0.2) is 46.9 Å². The Morgan fingerprint density at radius 3 is 2.74 bits per heavy atom. The molecule has 1 heterocycles. The Labute approximate surface area is 110 Å². The van der Waals surface area contributed by atoms with Gasteiger partial charge in [-0.2, -0.15) is 0 Å². The summed E-state index contributed by atoms with van der Waals surface area (Å²) in [7, 11) is 0. The molecule has 0 aliphatic carbocycles. The summed E-state index contributed by atoms with van der Waals surface area (Å²) in [5.74, 6) is 0.466. The van der Waals surface area contributed by atoms with E-state index in [0.717, 1.165) is 27.8 Å². The maximum absolute atomic E-state index is 13.2. The predicted octanol–water partition coefficient (Wildman–Crippen LogP) is 4.01. The van der Waals surface area contributed by atoms with Crippen molar-refractivity contribution < 1.29 is 8.81 Å². The lowest BCUT2D eigenvalue weighted by atomic mass is 10.0. The van der Waals surface area contributed by atoms with Crippen molar-refractivity contribution in [3.8, 4) is 11.3 Å². The lowest BCUT2D eigenvalue weighted by Gasteiger charge is -2.05. The summed E-state index contributed by atoms with van der Waals surface area (Å²) in [5, 5.41) is 0.763. The topological polar surface area (TPSA) is 39.2 Å². The van der Waals surface area contributed by atoms with Gasteiger partial charge in [-0.25, -0.2) is 4.39 Å². The molecule has 2 nitrogen and oxygen atoms in total. The van der Waals surface area contributed by atoms with Gasteiger partial charge in [0.15, 0.2) is 0 Å². The molecular weight excluding hydrogens is 241 g/mol. The van der Waals surface area contributed by atoms with E-state index in [1.165, 1.54) is 12.1 Å². The van der Waals surface area contributed by atoms with Crippen molar-refractivity contribution in [2.24, 2.45) is 5.73 Å². The highest BCUT2D eigenvalue weighted by molar-refractivity contribution is 5.83. The van der Waals surface area contributed by atoms with Gasteiger partial charge in [-0.3, -0.25) is 0 Å². The van der Waals surface area contributed by atoms with Gasteiger partial charge in [-0.1, -0.05) is 17.7 Å². The zero-order chi connectivity index (χ0) is 13.4. The van der Waals surface area contributed by atoms with Crippen LogP contribution in [-0.4, -0.2) is 0 Å². The summed E-state index contributed by atoms with van der Waals surface area (Å²) in [4.78, 5) is 0. The van der Waals surface area contributed by atoms with Gasteiger partial charge in [-0.05, 0) is 42.8 Å². The standard InChI is InChI=1S/C16H14FNO/c1-10-2-3-11(9-18)14(6-10)16-8-12-7-13(17)4-5-15(12)19-16/h2-8H,9,18H2,1H3. The Bertz CT molecular complexity index is 746. The number of rotatable bonds is 2. The molecule has 0 saturated heterocycles. The lowest BCUT2D eigenvalue weighted by Crippen LogP contribution is -1.98. The van der Waals surface area contributed by atoms with Crippen LogP contribution >= 0.6 is 0 Å². The molecule has 96 valence electrons. The van der Waals surface area contributed by atoms with E-state index in [2.05, 4.69) is 0 Å². The van der Waals surface area contributed by atoms with Crippen LogP contribution in [0.4, 0.5) is 4.39 Å². The number of aryl methyl sites for hydroxylation is 1. The van der Waals surface area contributed by atoms with Crippen molar-refractivity contribution in [1.29, 1.82) is 0 Å². The molecule has 19 heavy (non-hydrogen) atoms. The normalized spacial score (nSPS) is 11.1. The van der Waals surface area contributed by atoms with Crippen LogP contribution in [-0.2, 0) is 6.54 Å². The molecule has 0 radical (unpaired) electrons. The molecule has 0 bridgehead atoms. The third-order valence-corrected chi connectivity index (χ3v) is 3.23. The van der Waals surface area contributed by atoms with E-state index in [9.17, 15) is 4.39 Å². The van der Waals surface area contributed by atoms with E-state index in [1.54, 1.807) is 6.07 Å². The summed E-state index contributed by atoms with van der Waals surface area (Å²) in [6, 6.07) is 12.4. The minimum atomic E-state index is -0.261. The summed E-state index contributed by atoms with van der Waals surface area (Å²) in [5.41, 5.74) is 9.56. The van der Waals surface area contributed by atoms with E-state index in [4.69, 9.17) is 10.2 Å². The number of fused-ring (bicyclic) bond motifs is 1. The van der Waals surface area contributed by atoms with Crippen LogP contribution in [0.25, 0.3) is 22.3 Å². The van der Waals surface area contributed by atoms with Crippen LogP contribution in [0.3, 0.4) is 0 Å². The van der Waals surface area contributed by atoms with Gasteiger partial charge in [0, 0.05) is 17.5 Å². The van der Waals surface area contributed by atoms with E-state index < -0.39 is 0 Å². The average molecular weight is 255 g/mol. The Balaban J connectivity index is 2.21. The SMILES string of the molecule is Cc1ccc(CN)c(-c2cc3cc(F)ccc3o2)c1. The van der Waals surface area contributed by atoms with Crippen LogP contribution in [0, 0.1) is 12.7 Å². The fraction of sp³-hybridized carbons (Fsp3) is 0.125. The van der Waals surface area contributed by atoms with Crippen LogP contribution in [0.2, 0.25) is 0 Å². The van der Waals surface area contributed by atoms with Crippen molar-refractivity contribution in [3.05, 3.63) is 59.4 Å². The first-order valence-electron chi connectivity index (χ1n) is 6.16. The highest BCUT2D eigenvalue weighted by Crippen LogP contribution is 2.31. The minimum Gasteiger partial charge on any atom is -0.456 e. The second-order valence-electron chi connectivity index (χ2n) is 4.66. The molecule has 0 atom stereocenters. The lowest BCUT2D eigenvalue weighted by molar-refractivity contribution is 0.618. The van der Waals surface area contributed by atoms with Gasteiger partial charge in [0.1, 0.15) is 17.2 Å². The van der Waals surface area contributed by atoms with Gasteiger partial charge in [0.2, 0.25) is 0 Å². The van der Waals surface area contributed by atoms with Gasteiger partial charge >= 0.3 is 0 Å². The quantitative estimate of drug-likeness (QED) is 0.751. The molecule has 0 amide bonds. The number of nitrogens with two attached hydrogens (primary N) is 1. The van der Waals surface area contributed by atoms with E-state index in [1.807, 2.05) is 31.2 Å². The van der Waals surface area contributed by atoms with Crippen molar-refractivity contribution >= 4 is 11.0 Å². The fourth-order valence-electron chi connectivity index (χ4n) is 2.24. The third kappa shape index (κ3) is 2.13. The van der Waals surface area contributed by atoms with Crippen molar-refractivity contribution in [2.45, 2.75) is 13.5 Å². The first-order chi connectivity index (χ1) is 9.17. The second-order valence-corrected chi connectivity index (χ2v) is 4.66. The smallest absolute Gasteiger partial charge is 0.135 e. The molecule has 3 rings (SSSR count). The van der Waals surface area contributed by atoms with Gasteiger partial charge in [0.05, 0.1) is 0 Å². The summed E-state index contributed by atoms with van der Waals surface area (Å²) < 4.78 is 19.0. The zero-order valence-electron chi connectivity index (χ0n) is 10.6. The minimum absolute atomic E-state index is 0.261. The first kappa shape index (κ1) is 11.9. The summed E-state index contributed by atoms with van der Waals surface area (Å²) in [6.07, 6.45) is 0. The number of hydrogen-bond donors (Lipinski definition) is 1. The monoisotopic (exact) mass is 255 g/mol. The maximum atomic E-state index is 13.2. The van der Waals surface area contributed by atoms with Gasteiger partial charge in [0.25, 0.3) is 0 Å². The molecule has 3 aromatic rings. The summed E-state index contributed by atoms with van der Waals surface area (Å²) in [6.45, 7) is 2.47. The van der Waals surface area contributed by atoms with E-state index >= 15 is 0 Å². The molecule has 0 spiro atoms. The molecule has 0 aliphatic rings. The second kappa shape index (κ2) is 4.52. The number of halogens is 1. The highest BCUT2D eigenvalue weighted by atomic mass is 19.1. The largest absolute Gasteiger partial charge is 0.456 e. The number of benzene rings is 2. The average Bonchev–Trinajstić information content (AvgIpc) is 2.81. The molecule has 0 fully saturated rings. The molecule has 0 unspecified atom stereocenters. The Morgan fingerprint density at radius 1 is 1.11 bits per heavy atom. The van der Waals surface area contributed by atoms with Gasteiger partial charge in [-0.15, -0.1) is 0 Å². The Morgan fingerprint density at radius 2 is 1.95 bits per heavy atom. The Hall–Kier alpha value is -2.13. The molecular formula is C16H14FNO. The van der Waals surface area contributed by atoms with Crippen LogP contribution < -0.4 is 5.73 Å². The summed E-state index contributed by atoms with van der Waals surface area (Å²) >= 11 is 0. The number of furan rings is 1. The highest BCUT2D eigenvalue weighted by Gasteiger charge is 2.10. The van der Waals surface area contributed by atoms with Crippen LogP contribution in [0.1, 0.15) is 11.1 Å². The predicted molar refractivity (Wildman–Crippen MR) is 74.2 cm³/mol. The van der Waals surface area contributed by atoms with Crippen molar-refractivity contribution in [2.75, 3.05) is 0 Å². The third-order valence-electron chi connectivity index (χ3n) is 3.23. The van der Waals surface area contributed by atoms with Crippen LogP contribution in [0.5, 0.6) is 0 Å². The fourth-order valence-corrected chi connectivity index (χ4v) is 2.24. The van der Waals surface area contributed by atoms with Gasteiger partial charge < -0.3 is 10.2 Å². The Kier molecular flexibility index (Phi) is 2.84. The number of hydrogen-bond acceptors (Lipinski definition) is 2. The maximum Gasteiger partial charge on any atom is 0.135 e. The first-order valence-corrected chi connectivity index (χ1v) is 6.16. The molecule has 2 N–H and O–H groups in total. The van der Waals surface area contributed by atoms with E-state index in [0.29, 0.717) is 12.1 Å². The van der Waals surface area contributed by atoms with Crippen molar-refractivity contribution in [1.82, 2.24) is 0 Å². The van der Waals surface area contributed by atoms with Crippen molar-refractivity contribution in [3.63, 3.8) is 0 Å². The molecule has 1 aromatic heterocycles. The molecule has 2 aromatic carbocycles. The van der Waals surface area contributed by atoms with E-state index in [-0.39, 0.29) is 5.82 Å². The molecule has 3 heteroatoms. The molecule has 0 aliphatic heterocycles. The zero-order valence-corrected chi connectivity index (χ0v) is 10.6. The molecule has 0 saturated carbocycles.